The lowest BCUT2D eigenvalue weighted by atomic mass is 9.96. The standard InChI is InChI=1S/C17H33N3/c1-15(2)4-11-20-12-7-17(8-13-20)18-14-16-5-9-19(3)10-6-16/h4,16-18H,5-14H2,1-3H3. The molecule has 0 saturated carbocycles. The number of piperidine rings is 2. The average Bonchev–Trinajstić information content (AvgIpc) is 2.45. The maximum Gasteiger partial charge on any atom is 0.0165 e. The van der Waals surface area contributed by atoms with Gasteiger partial charge in [-0.3, -0.25) is 4.90 Å². The Bertz CT molecular complexity index is 293. The van der Waals surface area contributed by atoms with Crippen LogP contribution in [0.2, 0.25) is 0 Å². The lowest BCUT2D eigenvalue weighted by molar-refractivity contribution is 0.188. The van der Waals surface area contributed by atoms with E-state index in [-0.39, 0.29) is 0 Å². The van der Waals surface area contributed by atoms with E-state index in [1.54, 1.807) is 0 Å². The Balaban J connectivity index is 1.59. The normalized spacial score (nSPS) is 23.9. The molecule has 2 saturated heterocycles. The van der Waals surface area contributed by atoms with Crippen molar-refractivity contribution in [3.8, 4) is 0 Å². The van der Waals surface area contributed by atoms with Gasteiger partial charge in [-0.25, -0.2) is 0 Å². The lowest BCUT2D eigenvalue weighted by Crippen LogP contribution is -2.45. The van der Waals surface area contributed by atoms with E-state index in [1.807, 2.05) is 0 Å². The van der Waals surface area contributed by atoms with E-state index in [2.05, 4.69) is 42.1 Å². The molecule has 116 valence electrons. The van der Waals surface area contributed by atoms with Crippen molar-refractivity contribution < 1.29 is 0 Å². The van der Waals surface area contributed by atoms with Crippen molar-refractivity contribution in [3.05, 3.63) is 11.6 Å². The average molecular weight is 279 g/mol. The van der Waals surface area contributed by atoms with E-state index in [1.165, 1.54) is 64.0 Å². The minimum absolute atomic E-state index is 0.762. The predicted octanol–water partition coefficient (Wildman–Crippen LogP) is 2.35. The van der Waals surface area contributed by atoms with Gasteiger partial charge >= 0.3 is 0 Å². The molecule has 2 fully saturated rings. The molecule has 20 heavy (non-hydrogen) atoms. The zero-order valence-corrected chi connectivity index (χ0v) is 13.7. The van der Waals surface area contributed by atoms with E-state index in [0.717, 1.165) is 18.5 Å². The first-order chi connectivity index (χ1) is 9.63. The van der Waals surface area contributed by atoms with Gasteiger partial charge in [0, 0.05) is 12.6 Å². The lowest BCUT2D eigenvalue weighted by Gasteiger charge is -2.34. The molecule has 2 rings (SSSR count). The minimum Gasteiger partial charge on any atom is -0.314 e. The van der Waals surface area contributed by atoms with Gasteiger partial charge in [-0.05, 0) is 85.2 Å². The van der Waals surface area contributed by atoms with E-state index >= 15 is 0 Å². The summed E-state index contributed by atoms with van der Waals surface area (Å²) < 4.78 is 0. The van der Waals surface area contributed by atoms with Gasteiger partial charge < -0.3 is 10.2 Å². The van der Waals surface area contributed by atoms with Crippen LogP contribution < -0.4 is 5.32 Å². The Kier molecular flexibility index (Phi) is 6.53. The van der Waals surface area contributed by atoms with Gasteiger partial charge in [-0.1, -0.05) is 11.6 Å². The number of nitrogens with zero attached hydrogens (tertiary/aromatic N) is 2. The smallest absolute Gasteiger partial charge is 0.0165 e. The third kappa shape index (κ3) is 5.55. The summed E-state index contributed by atoms with van der Waals surface area (Å²) in [6.45, 7) is 11.9. The van der Waals surface area contributed by atoms with Crippen molar-refractivity contribution in [3.63, 3.8) is 0 Å². The van der Waals surface area contributed by atoms with Crippen molar-refractivity contribution in [2.45, 2.75) is 45.6 Å². The van der Waals surface area contributed by atoms with Gasteiger partial charge in [-0.15, -0.1) is 0 Å². The number of hydrogen-bond donors (Lipinski definition) is 1. The molecule has 2 aliphatic heterocycles. The summed E-state index contributed by atoms with van der Waals surface area (Å²) in [6.07, 6.45) is 7.75. The number of allylic oxidation sites excluding steroid dienone is 1. The number of likely N-dealkylation sites (tertiary alicyclic amines) is 2. The van der Waals surface area contributed by atoms with Gasteiger partial charge in [-0.2, -0.15) is 0 Å². The molecule has 0 amide bonds. The van der Waals surface area contributed by atoms with E-state index < -0.39 is 0 Å². The molecule has 3 heteroatoms. The van der Waals surface area contributed by atoms with Crippen LogP contribution in [0.4, 0.5) is 0 Å². The third-order valence-corrected chi connectivity index (χ3v) is 4.88. The Hall–Kier alpha value is -0.380. The van der Waals surface area contributed by atoms with Gasteiger partial charge in [0.2, 0.25) is 0 Å². The maximum absolute atomic E-state index is 3.83. The summed E-state index contributed by atoms with van der Waals surface area (Å²) in [4.78, 5) is 5.04. The monoisotopic (exact) mass is 279 g/mol. The first kappa shape index (κ1) is 16.0. The fourth-order valence-electron chi connectivity index (χ4n) is 3.23. The van der Waals surface area contributed by atoms with Crippen LogP contribution in [0, 0.1) is 5.92 Å². The minimum atomic E-state index is 0.762. The molecule has 0 aromatic heterocycles. The second-order valence-electron chi connectivity index (χ2n) is 7.01. The number of nitrogens with one attached hydrogen (secondary N) is 1. The molecule has 0 aromatic rings. The van der Waals surface area contributed by atoms with Crippen LogP contribution in [-0.2, 0) is 0 Å². The summed E-state index contributed by atoms with van der Waals surface area (Å²) in [5, 5.41) is 3.83. The molecule has 2 heterocycles. The first-order valence-corrected chi connectivity index (χ1v) is 8.41. The fraction of sp³-hybridized carbons (Fsp3) is 0.882. The molecule has 0 aromatic carbocycles. The van der Waals surface area contributed by atoms with Gasteiger partial charge in [0.05, 0.1) is 0 Å². The molecular formula is C17H33N3. The third-order valence-electron chi connectivity index (χ3n) is 4.88. The SMILES string of the molecule is CC(C)=CCN1CCC(NCC2CCN(C)CC2)CC1. The van der Waals surface area contributed by atoms with E-state index in [9.17, 15) is 0 Å². The number of rotatable bonds is 5. The van der Waals surface area contributed by atoms with Crippen molar-refractivity contribution >= 4 is 0 Å². The van der Waals surface area contributed by atoms with Gasteiger partial charge in [0.1, 0.15) is 0 Å². The molecule has 0 spiro atoms. The maximum atomic E-state index is 3.83. The summed E-state index contributed by atoms with van der Waals surface area (Å²) in [5.74, 6) is 0.912. The molecule has 2 aliphatic rings. The highest BCUT2D eigenvalue weighted by atomic mass is 15.1. The molecule has 0 bridgehead atoms. The summed E-state index contributed by atoms with van der Waals surface area (Å²) in [6, 6.07) is 0.762. The highest BCUT2D eigenvalue weighted by Gasteiger charge is 2.21. The topological polar surface area (TPSA) is 18.5 Å². The van der Waals surface area contributed by atoms with Crippen molar-refractivity contribution in [2.24, 2.45) is 5.92 Å². The van der Waals surface area contributed by atoms with Gasteiger partial charge in [0.25, 0.3) is 0 Å². The van der Waals surface area contributed by atoms with Crippen molar-refractivity contribution in [1.29, 1.82) is 0 Å². The van der Waals surface area contributed by atoms with Crippen LogP contribution in [0.3, 0.4) is 0 Å². The molecule has 3 nitrogen and oxygen atoms in total. The quantitative estimate of drug-likeness (QED) is 0.779. The molecule has 0 radical (unpaired) electrons. The molecule has 1 N–H and O–H groups in total. The highest BCUT2D eigenvalue weighted by molar-refractivity contribution is 4.95. The number of hydrogen-bond acceptors (Lipinski definition) is 3. The van der Waals surface area contributed by atoms with Crippen molar-refractivity contribution in [2.75, 3.05) is 46.3 Å². The van der Waals surface area contributed by atoms with Crippen LogP contribution in [0.15, 0.2) is 11.6 Å². The Morgan fingerprint density at radius 3 is 2.30 bits per heavy atom. The largest absolute Gasteiger partial charge is 0.314 e. The Morgan fingerprint density at radius 1 is 1.05 bits per heavy atom. The molecular weight excluding hydrogens is 246 g/mol. The first-order valence-electron chi connectivity index (χ1n) is 8.41. The van der Waals surface area contributed by atoms with Crippen LogP contribution in [0.25, 0.3) is 0 Å². The molecule has 0 atom stereocenters. The fourth-order valence-corrected chi connectivity index (χ4v) is 3.23. The summed E-state index contributed by atoms with van der Waals surface area (Å²) in [7, 11) is 2.24. The zero-order chi connectivity index (χ0) is 14.4. The predicted molar refractivity (Wildman–Crippen MR) is 87.1 cm³/mol. The highest BCUT2D eigenvalue weighted by Crippen LogP contribution is 2.16. The Morgan fingerprint density at radius 2 is 1.70 bits per heavy atom. The van der Waals surface area contributed by atoms with Crippen LogP contribution >= 0.6 is 0 Å². The van der Waals surface area contributed by atoms with Crippen LogP contribution in [0.1, 0.15) is 39.5 Å². The van der Waals surface area contributed by atoms with Gasteiger partial charge in [0.15, 0.2) is 0 Å². The van der Waals surface area contributed by atoms with Crippen LogP contribution in [0.5, 0.6) is 0 Å². The van der Waals surface area contributed by atoms with E-state index in [4.69, 9.17) is 0 Å². The zero-order valence-electron chi connectivity index (χ0n) is 13.7. The molecule has 0 unspecified atom stereocenters. The molecule has 0 aliphatic carbocycles. The Labute approximate surface area is 125 Å². The van der Waals surface area contributed by atoms with E-state index in [0.29, 0.717) is 0 Å². The second kappa shape index (κ2) is 8.16. The summed E-state index contributed by atoms with van der Waals surface area (Å²) in [5.41, 5.74) is 1.44. The van der Waals surface area contributed by atoms with Crippen molar-refractivity contribution in [1.82, 2.24) is 15.1 Å². The second-order valence-corrected chi connectivity index (χ2v) is 7.01. The van der Waals surface area contributed by atoms with Crippen LogP contribution in [-0.4, -0.2) is 62.2 Å². The summed E-state index contributed by atoms with van der Waals surface area (Å²) >= 11 is 0.